The van der Waals surface area contributed by atoms with Gasteiger partial charge in [0, 0.05) is 6.42 Å². The molecular weight excluding hydrogens is 372 g/mol. The molecule has 6 heteroatoms. The first-order chi connectivity index (χ1) is 14.2. The van der Waals surface area contributed by atoms with E-state index < -0.39 is 5.79 Å². The van der Waals surface area contributed by atoms with Crippen LogP contribution in [0.5, 0.6) is 5.75 Å². The van der Waals surface area contributed by atoms with Gasteiger partial charge >= 0.3 is 0 Å². The van der Waals surface area contributed by atoms with Crippen LogP contribution < -0.4 is 4.74 Å². The van der Waals surface area contributed by atoms with Gasteiger partial charge in [0.25, 0.3) is 0 Å². The van der Waals surface area contributed by atoms with Crippen LogP contribution in [-0.2, 0) is 14.2 Å². The fourth-order valence-electron chi connectivity index (χ4n) is 2.95. The van der Waals surface area contributed by atoms with E-state index >= 15 is 0 Å². The number of hydrogen-bond acceptors (Lipinski definition) is 6. The molecule has 0 bridgehead atoms. The second kappa shape index (κ2) is 17.7. The van der Waals surface area contributed by atoms with E-state index in [0.717, 1.165) is 12.8 Å². The summed E-state index contributed by atoms with van der Waals surface area (Å²) in [6.45, 7) is 4.34. The highest BCUT2D eigenvalue weighted by Gasteiger charge is 2.29. The van der Waals surface area contributed by atoms with Crippen molar-refractivity contribution in [2.75, 3.05) is 46.2 Å². The summed E-state index contributed by atoms with van der Waals surface area (Å²) in [5.74, 6) is -0.700. The molecule has 1 aromatic carbocycles. The Balaban J connectivity index is 2.29. The number of ether oxygens (including phenoxy) is 4. The molecule has 0 fully saturated rings. The van der Waals surface area contributed by atoms with E-state index in [2.05, 4.69) is 6.92 Å². The highest BCUT2D eigenvalue weighted by Crippen LogP contribution is 2.22. The van der Waals surface area contributed by atoms with E-state index in [1.54, 1.807) is 0 Å². The summed E-state index contributed by atoms with van der Waals surface area (Å²) in [4.78, 5) is 0. The van der Waals surface area contributed by atoms with E-state index in [1.807, 2.05) is 30.3 Å². The number of rotatable bonds is 20. The molecule has 2 N–H and O–H groups in total. The van der Waals surface area contributed by atoms with Crippen LogP contribution in [0.1, 0.15) is 58.3 Å². The first-order valence-corrected chi connectivity index (χ1v) is 11.0. The van der Waals surface area contributed by atoms with Crippen LogP contribution in [0.15, 0.2) is 30.3 Å². The monoisotopic (exact) mass is 412 g/mol. The molecule has 1 unspecified atom stereocenters. The number of benzene rings is 1. The summed E-state index contributed by atoms with van der Waals surface area (Å²) in [6.07, 6.45) is 8.79. The van der Waals surface area contributed by atoms with Gasteiger partial charge in [-0.1, -0.05) is 63.6 Å². The van der Waals surface area contributed by atoms with Gasteiger partial charge in [-0.3, -0.25) is 0 Å². The summed E-state index contributed by atoms with van der Waals surface area (Å²) < 4.78 is 22.0. The van der Waals surface area contributed by atoms with Crippen molar-refractivity contribution in [2.45, 2.75) is 64.1 Å². The third-order valence-electron chi connectivity index (χ3n) is 4.53. The minimum absolute atomic E-state index is 0.0157. The van der Waals surface area contributed by atoms with Gasteiger partial charge in [-0.2, -0.15) is 0 Å². The van der Waals surface area contributed by atoms with Crippen molar-refractivity contribution >= 4 is 0 Å². The smallest absolute Gasteiger partial charge is 0.231 e. The zero-order valence-corrected chi connectivity index (χ0v) is 18.0. The SMILES string of the molecule is CCCCCCCCCC(O)(COCCOCCOCCO)Oc1ccccc1. The van der Waals surface area contributed by atoms with Crippen LogP contribution in [0.25, 0.3) is 0 Å². The Morgan fingerprint density at radius 1 is 0.759 bits per heavy atom. The van der Waals surface area contributed by atoms with E-state index in [4.69, 9.17) is 24.1 Å². The first-order valence-electron chi connectivity index (χ1n) is 11.0. The molecule has 0 radical (unpaired) electrons. The maximum Gasteiger partial charge on any atom is 0.231 e. The number of para-hydroxylation sites is 1. The van der Waals surface area contributed by atoms with Gasteiger partial charge in [0.15, 0.2) is 0 Å². The van der Waals surface area contributed by atoms with Gasteiger partial charge in [0.1, 0.15) is 12.4 Å². The molecule has 0 aliphatic carbocycles. The van der Waals surface area contributed by atoms with E-state index in [0.29, 0.717) is 45.2 Å². The predicted octanol–water partition coefficient (Wildman–Crippen LogP) is 3.94. The van der Waals surface area contributed by atoms with Crippen molar-refractivity contribution in [3.8, 4) is 5.75 Å². The van der Waals surface area contributed by atoms with Crippen molar-refractivity contribution in [3.05, 3.63) is 30.3 Å². The molecule has 0 heterocycles. The van der Waals surface area contributed by atoms with Gasteiger partial charge in [-0.15, -0.1) is 0 Å². The van der Waals surface area contributed by atoms with Gasteiger partial charge in [-0.25, -0.2) is 0 Å². The van der Waals surface area contributed by atoms with Crippen molar-refractivity contribution in [3.63, 3.8) is 0 Å². The topological polar surface area (TPSA) is 77.4 Å². The summed E-state index contributed by atoms with van der Waals surface area (Å²) in [5.41, 5.74) is 0. The Hall–Kier alpha value is -1.18. The minimum Gasteiger partial charge on any atom is -0.460 e. The summed E-state index contributed by atoms with van der Waals surface area (Å²) in [5, 5.41) is 19.6. The highest BCUT2D eigenvalue weighted by molar-refractivity contribution is 5.21. The molecule has 0 saturated carbocycles. The lowest BCUT2D eigenvalue weighted by atomic mass is 10.0. The fraction of sp³-hybridized carbons (Fsp3) is 0.739. The molecule has 6 nitrogen and oxygen atoms in total. The molecule has 0 amide bonds. The van der Waals surface area contributed by atoms with E-state index in [-0.39, 0.29) is 13.2 Å². The van der Waals surface area contributed by atoms with Gasteiger partial charge in [-0.05, 0) is 18.6 Å². The molecule has 168 valence electrons. The van der Waals surface area contributed by atoms with Gasteiger partial charge in [0.05, 0.1) is 39.6 Å². The first kappa shape index (κ1) is 25.9. The number of unbranched alkanes of at least 4 members (excludes halogenated alkanes) is 6. The molecule has 1 rings (SSSR count). The Morgan fingerprint density at radius 2 is 1.34 bits per heavy atom. The molecule has 1 aromatic rings. The Kier molecular flexibility index (Phi) is 15.7. The maximum absolute atomic E-state index is 11.0. The fourth-order valence-corrected chi connectivity index (χ4v) is 2.95. The standard InChI is InChI=1S/C23H40O6/c1-2-3-4-5-6-7-11-14-23(25,29-22-12-9-8-10-13-22)21-28-20-19-27-18-17-26-16-15-24/h8-10,12-13,24-25H,2-7,11,14-21H2,1H3. The molecule has 0 aromatic heterocycles. The molecule has 0 spiro atoms. The Morgan fingerprint density at radius 3 is 2.00 bits per heavy atom. The number of hydrogen-bond donors (Lipinski definition) is 2. The number of aliphatic hydroxyl groups excluding tert-OH is 1. The zero-order valence-electron chi connectivity index (χ0n) is 18.0. The van der Waals surface area contributed by atoms with Crippen LogP contribution in [0.4, 0.5) is 0 Å². The van der Waals surface area contributed by atoms with Crippen LogP contribution >= 0.6 is 0 Å². The largest absolute Gasteiger partial charge is 0.460 e. The molecule has 1 atom stereocenters. The second-order valence-corrected chi connectivity index (χ2v) is 7.23. The zero-order chi connectivity index (χ0) is 21.0. The lowest BCUT2D eigenvalue weighted by molar-refractivity contribution is -0.185. The van der Waals surface area contributed by atoms with Crippen LogP contribution in [0, 0.1) is 0 Å². The van der Waals surface area contributed by atoms with Gasteiger partial charge in [0.2, 0.25) is 5.79 Å². The van der Waals surface area contributed by atoms with Crippen LogP contribution in [-0.4, -0.2) is 62.2 Å². The average molecular weight is 413 g/mol. The predicted molar refractivity (Wildman–Crippen MR) is 114 cm³/mol. The third kappa shape index (κ3) is 14.4. The molecule has 29 heavy (non-hydrogen) atoms. The van der Waals surface area contributed by atoms with Crippen molar-refractivity contribution in [1.29, 1.82) is 0 Å². The van der Waals surface area contributed by atoms with Crippen molar-refractivity contribution in [1.82, 2.24) is 0 Å². The summed E-state index contributed by atoms with van der Waals surface area (Å²) in [6, 6.07) is 9.37. The van der Waals surface area contributed by atoms with Crippen LogP contribution in [0.3, 0.4) is 0 Å². The van der Waals surface area contributed by atoms with Crippen molar-refractivity contribution in [2.24, 2.45) is 0 Å². The lowest BCUT2D eigenvalue weighted by Crippen LogP contribution is -2.41. The number of aliphatic hydroxyl groups is 2. The maximum atomic E-state index is 11.0. The summed E-state index contributed by atoms with van der Waals surface area (Å²) in [7, 11) is 0. The summed E-state index contributed by atoms with van der Waals surface area (Å²) >= 11 is 0. The lowest BCUT2D eigenvalue weighted by Gasteiger charge is -2.29. The van der Waals surface area contributed by atoms with Gasteiger partial charge < -0.3 is 29.2 Å². The quantitative estimate of drug-likeness (QED) is 0.250. The van der Waals surface area contributed by atoms with E-state index in [9.17, 15) is 5.11 Å². The molecular formula is C23H40O6. The Labute approximate surface area is 176 Å². The third-order valence-corrected chi connectivity index (χ3v) is 4.53. The van der Waals surface area contributed by atoms with Crippen molar-refractivity contribution < 1.29 is 29.2 Å². The Bertz CT molecular complexity index is 470. The van der Waals surface area contributed by atoms with Crippen LogP contribution in [0.2, 0.25) is 0 Å². The second-order valence-electron chi connectivity index (χ2n) is 7.23. The molecule has 0 saturated heterocycles. The van der Waals surface area contributed by atoms with E-state index in [1.165, 1.54) is 32.1 Å². The minimum atomic E-state index is -1.34. The highest BCUT2D eigenvalue weighted by atomic mass is 16.7. The molecule has 0 aliphatic rings. The average Bonchev–Trinajstić information content (AvgIpc) is 2.73. The normalized spacial score (nSPS) is 13.3. The molecule has 0 aliphatic heterocycles.